The van der Waals surface area contributed by atoms with Crippen molar-refractivity contribution in [1.29, 1.82) is 0 Å². The molecule has 0 aromatic carbocycles. The number of nitrogens with one attached hydrogen (secondary N) is 1. The van der Waals surface area contributed by atoms with Crippen molar-refractivity contribution in [3.63, 3.8) is 0 Å². The normalized spacial score (nSPS) is 30.5. The van der Waals surface area contributed by atoms with E-state index in [9.17, 15) is 4.79 Å². The lowest BCUT2D eigenvalue weighted by atomic mass is 10.1. The van der Waals surface area contributed by atoms with Crippen LogP contribution in [0.15, 0.2) is 12.3 Å². The SMILES string of the molecule is CNC(=O)c1ccn(C2CCCN(CCN3CC4CCC(C3)O4)C2)n1. The zero-order valence-corrected chi connectivity index (χ0v) is 15.1. The minimum absolute atomic E-state index is 0.117. The molecule has 3 aliphatic rings. The van der Waals surface area contributed by atoms with Crippen molar-refractivity contribution in [3.05, 3.63) is 18.0 Å². The number of hydrogen-bond donors (Lipinski definition) is 1. The Morgan fingerprint density at radius 3 is 2.72 bits per heavy atom. The standard InChI is InChI=1S/C18H29N5O2/c1-19-18(24)17-6-8-23(20-17)14-3-2-7-21(11-14)9-10-22-12-15-4-5-16(13-22)25-15/h6,8,14-16H,2-5,7,9-13H2,1H3,(H,19,24). The molecule has 0 spiro atoms. The molecule has 3 unspecified atom stereocenters. The van der Waals surface area contributed by atoms with E-state index in [0.717, 1.165) is 45.7 Å². The van der Waals surface area contributed by atoms with Gasteiger partial charge in [0.05, 0.1) is 18.2 Å². The van der Waals surface area contributed by atoms with Gasteiger partial charge < -0.3 is 10.1 Å². The summed E-state index contributed by atoms with van der Waals surface area (Å²) in [7, 11) is 1.64. The Labute approximate surface area is 149 Å². The summed E-state index contributed by atoms with van der Waals surface area (Å²) in [5.74, 6) is -0.117. The van der Waals surface area contributed by atoms with Crippen molar-refractivity contribution in [3.8, 4) is 0 Å². The number of piperidine rings is 1. The monoisotopic (exact) mass is 347 g/mol. The summed E-state index contributed by atoms with van der Waals surface area (Å²) in [5.41, 5.74) is 0.503. The topological polar surface area (TPSA) is 62.6 Å². The van der Waals surface area contributed by atoms with Crippen molar-refractivity contribution in [2.45, 2.75) is 43.9 Å². The predicted molar refractivity (Wildman–Crippen MR) is 94.7 cm³/mol. The third-order valence-corrected chi connectivity index (χ3v) is 5.77. The Morgan fingerprint density at radius 1 is 1.20 bits per heavy atom. The fraction of sp³-hybridized carbons (Fsp3) is 0.778. The Hall–Kier alpha value is -1.44. The number of ether oxygens (including phenoxy) is 1. The average Bonchev–Trinajstić information content (AvgIpc) is 3.26. The van der Waals surface area contributed by atoms with Crippen LogP contribution in [0.4, 0.5) is 0 Å². The number of likely N-dealkylation sites (tertiary alicyclic amines) is 2. The molecule has 3 aliphatic heterocycles. The van der Waals surface area contributed by atoms with Crippen LogP contribution >= 0.6 is 0 Å². The number of fused-ring (bicyclic) bond motifs is 2. The Balaban J connectivity index is 1.29. The minimum atomic E-state index is -0.117. The molecular formula is C18H29N5O2. The van der Waals surface area contributed by atoms with Crippen molar-refractivity contribution in [2.24, 2.45) is 0 Å². The molecule has 3 atom stereocenters. The van der Waals surface area contributed by atoms with E-state index in [0.29, 0.717) is 23.9 Å². The first-order valence-corrected chi connectivity index (χ1v) is 9.58. The van der Waals surface area contributed by atoms with Crippen LogP contribution in [0.25, 0.3) is 0 Å². The van der Waals surface area contributed by atoms with Gasteiger partial charge in [0, 0.05) is 46.0 Å². The molecule has 1 aromatic rings. The summed E-state index contributed by atoms with van der Waals surface area (Å²) >= 11 is 0. The highest BCUT2D eigenvalue weighted by molar-refractivity contribution is 5.91. The molecule has 0 saturated carbocycles. The number of hydrogen-bond acceptors (Lipinski definition) is 5. The Bertz CT molecular complexity index is 592. The smallest absolute Gasteiger partial charge is 0.271 e. The van der Waals surface area contributed by atoms with E-state index >= 15 is 0 Å². The lowest BCUT2D eigenvalue weighted by Crippen LogP contribution is -2.47. The summed E-state index contributed by atoms with van der Waals surface area (Å²) in [5, 5.41) is 7.10. The van der Waals surface area contributed by atoms with Gasteiger partial charge in [-0.1, -0.05) is 0 Å². The molecule has 138 valence electrons. The summed E-state index contributed by atoms with van der Waals surface area (Å²) < 4.78 is 7.90. The molecule has 3 saturated heterocycles. The first kappa shape index (κ1) is 17.0. The van der Waals surface area contributed by atoms with Crippen molar-refractivity contribution < 1.29 is 9.53 Å². The molecule has 1 N–H and O–H groups in total. The molecular weight excluding hydrogens is 318 g/mol. The summed E-state index contributed by atoms with van der Waals surface area (Å²) in [6, 6.07) is 2.18. The Morgan fingerprint density at radius 2 is 1.96 bits per heavy atom. The van der Waals surface area contributed by atoms with Crippen LogP contribution in [0.1, 0.15) is 42.2 Å². The lowest BCUT2D eigenvalue weighted by molar-refractivity contribution is -0.0409. The molecule has 7 nitrogen and oxygen atoms in total. The van der Waals surface area contributed by atoms with Crippen LogP contribution in [0.3, 0.4) is 0 Å². The van der Waals surface area contributed by atoms with E-state index in [-0.39, 0.29) is 5.91 Å². The maximum atomic E-state index is 11.7. The largest absolute Gasteiger partial charge is 0.372 e. The second-order valence-corrected chi connectivity index (χ2v) is 7.57. The quantitative estimate of drug-likeness (QED) is 0.851. The van der Waals surface area contributed by atoms with E-state index in [2.05, 4.69) is 20.2 Å². The summed E-state index contributed by atoms with van der Waals surface area (Å²) in [6.07, 6.45) is 7.68. The van der Waals surface area contributed by atoms with E-state index in [4.69, 9.17) is 4.74 Å². The second-order valence-electron chi connectivity index (χ2n) is 7.57. The van der Waals surface area contributed by atoms with Crippen LogP contribution in [0.5, 0.6) is 0 Å². The number of carbonyl (C=O) groups is 1. The average molecular weight is 347 g/mol. The molecule has 3 fully saturated rings. The van der Waals surface area contributed by atoms with Gasteiger partial charge in [0.1, 0.15) is 5.69 Å². The van der Waals surface area contributed by atoms with Gasteiger partial charge in [-0.25, -0.2) is 0 Å². The van der Waals surface area contributed by atoms with Crippen molar-refractivity contribution in [2.75, 3.05) is 46.3 Å². The summed E-state index contributed by atoms with van der Waals surface area (Å²) in [6.45, 7) is 6.62. The molecule has 0 aliphatic carbocycles. The van der Waals surface area contributed by atoms with Gasteiger partial charge >= 0.3 is 0 Å². The number of morpholine rings is 1. The number of rotatable bonds is 5. The number of aromatic nitrogens is 2. The van der Waals surface area contributed by atoms with Gasteiger partial charge in [0.25, 0.3) is 5.91 Å². The number of nitrogens with zero attached hydrogens (tertiary/aromatic N) is 4. The molecule has 4 rings (SSSR count). The number of carbonyl (C=O) groups excluding carboxylic acids is 1. The van der Waals surface area contributed by atoms with Crippen LogP contribution in [-0.2, 0) is 4.74 Å². The zero-order chi connectivity index (χ0) is 17.2. The van der Waals surface area contributed by atoms with E-state index in [1.54, 1.807) is 13.1 Å². The minimum Gasteiger partial charge on any atom is -0.372 e. The summed E-state index contributed by atoms with van der Waals surface area (Å²) in [4.78, 5) is 16.8. The predicted octanol–water partition coefficient (Wildman–Crippen LogP) is 0.743. The van der Waals surface area contributed by atoms with Crippen LogP contribution < -0.4 is 5.32 Å². The van der Waals surface area contributed by atoms with Gasteiger partial charge in [-0.3, -0.25) is 19.3 Å². The first-order valence-electron chi connectivity index (χ1n) is 9.58. The molecule has 1 amide bonds. The molecule has 1 aromatic heterocycles. The van der Waals surface area contributed by atoms with E-state index in [1.807, 2.05) is 10.9 Å². The highest BCUT2D eigenvalue weighted by Crippen LogP contribution is 2.26. The third kappa shape index (κ3) is 3.88. The van der Waals surface area contributed by atoms with Gasteiger partial charge in [0.15, 0.2) is 0 Å². The molecule has 0 radical (unpaired) electrons. The highest BCUT2D eigenvalue weighted by atomic mass is 16.5. The van der Waals surface area contributed by atoms with Gasteiger partial charge in [0.2, 0.25) is 0 Å². The lowest BCUT2D eigenvalue weighted by Gasteiger charge is -2.36. The molecule has 4 heterocycles. The fourth-order valence-corrected chi connectivity index (χ4v) is 4.41. The third-order valence-electron chi connectivity index (χ3n) is 5.77. The molecule has 25 heavy (non-hydrogen) atoms. The van der Waals surface area contributed by atoms with Crippen LogP contribution in [0.2, 0.25) is 0 Å². The van der Waals surface area contributed by atoms with Crippen molar-refractivity contribution in [1.82, 2.24) is 24.9 Å². The second kappa shape index (κ2) is 7.43. The Kier molecular flexibility index (Phi) is 5.05. The van der Waals surface area contributed by atoms with Crippen molar-refractivity contribution >= 4 is 5.91 Å². The van der Waals surface area contributed by atoms with E-state index in [1.165, 1.54) is 19.3 Å². The maximum Gasteiger partial charge on any atom is 0.271 e. The van der Waals surface area contributed by atoms with Gasteiger partial charge in [-0.05, 0) is 38.3 Å². The van der Waals surface area contributed by atoms with E-state index < -0.39 is 0 Å². The highest BCUT2D eigenvalue weighted by Gasteiger charge is 2.33. The van der Waals surface area contributed by atoms with Crippen LogP contribution in [0, 0.1) is 0 Å². The maximum absolute atomic E-state index is 11.7. The van der Waals surface area contributed by atoms with Crippen LogP contribution in [-0.4, -0.2) is 84.0 Å². The first-order chi connectivity index (χ1) is 12.2. The van der Waals surface area contributed by atoms with Gasteiger partial charge in [-0.2, -0.15) is 5.10 Å². The van der Waals surface area contributed by atoms with Gasteiger partial charge in [-0.15, -0.1) is 0 Å². The molecule has 7 heteroatoms. The molecule has 2 bridgehead atoms. The zero-order valence-electron chi connectivity index (χ0n) is 15.1. The number of amides is 1. The fourth-order valence-electron chi connectivity index (χ4n) is 4.41.